The van der Waals surface area contributed by atoms with Crippen molar-refractivity contribution in [3.63, 3.8) is 0 Å². The number of carbonyl (C=O) groups excluding carboxylic acids is 2. The van der Waals surface area contributed by atoms with E-state index in [4.69, 9.17) is 10.7 Å². The Bertz CT molecular complexity index is 1710. The number of halogens is 1. The van der Waals surface area contributed by atoms with Crippen molar-refractivity contribution >= 4 is 29.3 Å². The minimum atomic E-state index is -0.423. The average molecular weight is 563 g/mol. The van der Waals surface area contributed by atoms with Crippen molar-refractivity contribution in [2.45, 2.75) is 12.8 Å². The molecule has 0 radical (unpaired) electrons. The van der Waals surface area contributed by atoms with Crippen LogP contribution in [0.2, 0.25) is 0 Å². The topological polar surface area (TPSA) is 132 Å². The second kappa shape index (κ2) is 11.2. The Balaban J connectivity index is 1.18. The number of hydrogen-bond acceptors (Lipinski definition) is 8. The molecular formula is C31H27FN8O2. The lowest BCUT2D eigenvalue weighted by atomic mass is 10.0. The summed E-state index contributed by atoms with van der Waals surface area (Å²) in [6, 6.07) is 17.2. The van der Waals surface area contributed by atoms with Gasteiger partial charge in [0.25, 0.3) is 5.91 Å². The first kappa shape index (κ1) is 26.8. The molecule has 2 N–H and O–H groups in total. The maximum atomic E-state index is 14.2. The Morgan fingerprint density at radius 3 is 2.55 bits per heavy atom. The zero-order valence-corrected chi connectivity index (χ0v) is 22.7. The van der Waals surface area contributed by atoms with Crippen LogP contribution < -0.4 is 15.5 Å². The molecule has 210 valence electrons. The van der Waals surface area contributed by atoms with Crippen LogP contribution in [0.3, 0.4) is 0 Å². The highest BCUT2D eigenvalue weighted by atomic mass is 19.1. The first-order chi connectivity index (χ1) is 20.4. The van der Waals surface area contributed by atoms with Crippen LogP contribution in [0.25, 0.3) is 11.3 Å². The number of rotatable bonds is 5. The van der Waals surface area contributed by atoms with E-state index < -0.39 is 5.82 Å². The number of hydrogen-bond donors (Lipinski definition) is 1. The minimum absolute atomic E-state index is 0.0796. The number of nitriles is 1. The number of amides is 2. The average Bonchev–Trinajstić information content (AvgIpc) is 3.46. The molecule has 0 bridgehead atoms. The van der Waals surface area contributed by atoms with Crippen LogP contribution in [-0.2, 0) is 17.6 Å². The second-order valence-corrected chi connectivity index (χ2v) is 10.2. The molecule has 1 fully saturated rings. The second-order valence-electron chi connectivity index (χ2n) is 10.2. The standard InChI is InChI=1S/C31H27FN8O2/c32-25-4-2-1-3-20(25)17-28(41)40-10-8-21-15-23(16-24(18-33)29(21)40)26-7-9-35-31(37-26)39-13-11-38(12-14-39)30(42)22-5-6-27(34)36-19-22/h1-7,9,15-16,19H,8,10-14,17H2,(H2,34,36). The van der Waals surface area contributed by atoms with E-state index in [1.165, 1.54) is 12.3 Å². The summed E-state index contributed by atoms with van der Waals surface area (Å²) in [4.78, 5) is 44.6. The number of nitrogens with two attached hydrogens (primary N) is 1. The maximum Gasteiger partial charge on any atom is 0.255 e. The van der Waals surface area contributed by atoms with Crippen molar-refractivity contribution in [1.82, 2.24) is 19.9 Å². The Kier molecular flexibility index (Phi) is 7.19. The molecule has 0 unspecified atom stereocenters. The number of nitrogen functional groups attached to an aromatic ring is 1. The first-order valence-corrected chi connectivity index (χ1v) is 13.6. The summed E-state index contributed by atoms with van der Waals surface area (Å²) < 4.78 is 14.2. The van der Waals surface area contributed by atoms with Crippen LogP contribution in [0, 0.1) is 17.1 Å². The highest BCUT2D eigenvalue weighted by Crippen LogP contribution is 2.36. The molecule has 2 amide bonds. The monoisotopic (exact) mass is 562 g/mol. The molecule has 6 rings (SSSR count). The highest BCUT2D eigenvalue weighted by Gasteiger charge is 2.29. The molecule has 2 aliphatic heterocycles. The van der Waals surface area contributed by atoms with E-state index in [0.717, 1.165) is 11.1 Å². The number of aromatic nitrogens is 3. The van der Waals surface area contributed by atoms with E-state index >= 15 is 0 Å². The summed E-state index contributed by atoms with van der Waals surface area (Å²) in [5.74, 6) is 0.129. The van der Waals surface area contributed by atoms with E-state index in [2.05, 4.69) is 16.0 Å². The van der Waals surface area contributed by atoms with Crippen molar-refractivity contribution in [2.24, 2.45) is 0 Å². The lowest BCUT2D eigenvalue weighted by Gasteiger charge is -2.34. The zero-order chi connectivity index (χ0) is 29.2. The number of pyridine rings is 1. The van der Waals surface area contributed by atoms with Crippen LogP contribution in [0.1, 0.15) is 27.0 Å². The molecular weight excluding hydrogens is 535 g/mol. The Labute approximate surface area is 241 Å². The number of piperazine rings is 1. The van der Waals surface area contributed by atoms with Crippen molar-refractivity contribution in [2.75, 3.05) is 48.3 Å². The van der Waals surface area contributed by atoms with Crippen LogP contribution in [0.5, 0.6) is 0 Å². The molecule has 10 nitrogen and oxygen atoms in total. The van der Waals surface area contributed by atoms with E-state index in [9.17, 15) is 19.2 Å². The molecule has 42 heavy (non-hydrogen) atoms. The van der Waals surface area contributed by atoms with Gasteiger partial charge in [0, 0.05) is 50.7 Å². The fourth-order valence-corrected chi connectivity index (χ4v) is 5.42. The molecule has 4 aromatic rings. The molecule has 2 aliphatic rings. The summed E-state index contributed by atoms with van der Waals surface area (Å²) in [6.45, 7) is 2.55. The molecule has 11 heteroatoms. The normalized spacial score (nSPS) is 14.4. The maximum absolute atomic E-state index is 14.2. The summed E-state index contributed by atoms with van der Waals surface area (Å²) in [7, 11) is 0. The number of anilines is 3. The van der Waals surface area contributed by atoms with Gasteiger partial charge >= 0.3 is 0 Å². The third-order valence-corrected chi connectivity index (χ3v) is 7.61. The van der Waals surface area contributed by atoms with Gasteiger partial charge in [-0.3, -0.25) is 9.59 Å². The van der Waals surface area contributed by atoms with Gasteiger partial charge in [-0.2, -0.15) is 5.26 Å². The fourth-order valence-electron chi connectivity index (χ4n) is 5.42. The largest absolute Gasteiger partial charge is 0.384 e. The summed E-state index contributed by atoms with van der Waals surface area (Å²) in [5.41, 5.74) is 9.68. The molecule has 2 aromatic carbocycles. The number of benzene rings is 2. The predicted molar refractivity (Wildman–Crippen MR) is 155 cm³/mol. The Morgan fingerprint density at radius 2 is 1.81 bits per heavy atom. The zero-order valence-electron chi connectivity index (χ0n) is 22.7. The summed E-state index contributed by atoms with van der Waals surface area (Å²) in [5, 5.41) is 10.00. The molecule has 0 aliphatic carbocycles. The lowest BCUT2D eigenvalue weighted by molar-refractivity contribution is -0.117. The third kappa shape index (κ3) is 5.22. The van der Waals surface area contributed by atoms with Crippen LogP contribution in [0.4, 0.5) is 21.8 Å². The van der Waals surface area contributed by atoms with Crippen molar-refractivity contribution < 1.29 is 14.0 Å². The van der Waals surface area contributed by atoms with E-state index in [0.29, 0.717) is 79.0 Å². The fraction of sp³-hybridized carbons (Fsp3) is 0.226. The quantitative estimate of drug-likeness (QED) is 0.392. The molecule has 2 aromatic heterocycles. The smallest absolute Gasteiger partial charge is 0.255 e. The summed E-state index contributed by atoms with van der Waals surface area (Å²) in [6.07, 6.45) is 3.67. The van der Waals surface area contributed by atoms with E-state index in [1.807, 2.05) is 11.0 Å². The van der Waals surface area contributed by atoms with Crippen molar-refractivity contribution in [3.05, 3.63) is 95.1 Å². The van der Waals surface area contributed by atoms with Gasteiger partial charge in [0.1, 0.15) is 17.7 Å². The van der Waals surface area contributed by atoms with Gasteiger partial charge in [0.05, 0.1) is 28.9 Å². The predicted octanol–water partition coefficient (Wildman–Crippen LogP) is 3.23. The van der Waals surface area contributed by atoms with Gasteiger partial charge in [0.15, 0.2) is 0 Å². The Hall–Kier alpha value is -5.37. The summed E-state index contributed by atoms with van der Waals surface area (Å²) >= 11 is 0. The van der Waals surface area contributed by atoms with Gasteiger partial charge in [0.2, 0.25) is 11.9 Å². The van der Waals surface area contributed by atoms with Gasteiger partial charge in [-0.15, -0.1) is 0 Å². The van der Waals surface area contributed by atoms with Crippen LogP contribution >= 0.6 is 0 Å². The molecule has 1 saturated heterocycles. The molecule has 0 atom stereocenters. The van der Waals surface area contributed by atoms with Crippen LogP contribution in [0.15, 0.2) is 67.0 Å². The number of nitrogens with zero attached hydrogens (tertiary/aromatic N) is 7. The lowest BCUT2D eigenvalue weighted by Crippen LogP contribution is -2.49. The molecule has 4 heterocycles. The number of carbonyl (C=O) groups is 2. The highest BCUT2D eigenvalue weighted by molar-refractivity contribution is 5.99. The van der Waals surface area contributed by atoms with Gasteiger partial charge in [-0.1, -0.05) is 18.2 Å². The van der Waals surface area contributed by atoms with Crippen LogP contribution in [-0.4, -0.2) is 64.4 Å². The van der Waals surface area contributed by atoms with Gasteiger partial charge in [-0.05, 0) is 53.9 Å². The minimum Gasteiger partial charge on any atom is -0.384 e. The van der Waals surface area contributed by atoms with E-state index in [-0.39, 0.29) is 18.2 Å². The Morgan fingerprint density at radius 1 is 1.00 bits per heavy atom. The molecule has 0 saturated carbocycles. The van der Waals surface area contributed by atoms with Gasteiger partial charge < -0.3 is 20.4 Å². The van der Waals surface area contributed by atoms with Crippen molar-refractivity contribution in [1.29, 1.82) is 5.26 Å². The number of fused-ring (bicyclic) bond motifs is 1. The van der Waals surface area contributed by atoms with E-state index in [1.54, 1.807) is 58.5 Å². The first-order valence-electron chi connectivity index (χ1n) is 13.6. The SMILES string of the molecule is N#Cc1cc(-c2ccnc(N3CCN(C(=O)c4ccc(N)nc4)CC3)n2)cc2c1N(C(=O)Cc1ccccc1F)CC2. The van der Waals surface area contributed by atoms with Gasteiger partial charge in [-0.25, -0.2) is 19.3 Å². The van der Waals surface area contributed by atoms with Crippen molar-refractivity contribution in [3.8, 4) is 17.3 Å². The molecule has 0 spiro atoms. The third-order valence-electron chi connectivity index (χ3n) is 7.61.